The number of fused-ring (bicyclic) bond motifs is 1. The fourth-order valence-corrected chi connectivity index (χ4v) is 2.68. The summed E-state index contributed by atoms with van der Waals surface area (Å²) in [5.41, 5.74) is 4.24. The molecule has 0 heterocycles. The quantitative estimate of drug-likeness (QED) is 0.765. The van der Waals surface area contributed by atoms with Crippen molar-refractivity contribution >= 4 is 5.69 Å². The lowest BCUT2D eigenvalue weighted by molar-refractivity contribution is -0.126. The number of ether oxygens (including phenoxy) is 2. The summed E-state index contributed by atoms with van der Waals surface area (Å²) >= 11 is 0. The Balaban J connectivity index is 1.98. The van der Waals surface area contributed by atoms with Crippen LogP contribution in [0.25, 0.3) is 0 Å². The van der Waals surface area contributed by atoms with Gasteiger partial charge in [0.05, 0.1) is 6.54 Å². The van der Waals surface area contributed by atoms with Gasteiger partial charge in [-0.05, 0) is 56.7 Å². The van der Waals surface area contributed by atoms with Gasteiger partial charge in [0.2, 0.25) is 0 Å². The highest BCUT2D eigenvalue weighted by molar-refractivity contribution is 5.55. The number of nitrogens with one attached hydrogen (secondary N) is 1. The lowest BCUT2D eigenvalue weighted by Crippen LogP contribution is -2.27. The second kappa shape index (κ2) is 7.51. The van der Waals surface area contributed by atoms with Crippen LogP contribution in [0.15, 0.2) is 18.2 Å². The van der Waals surface area contributed by atoms with Crippen LogP contribution in [-0.2, 0) is 22.3 Å². The minimum Gasteiger partial charge on any atom is -0.380 e. The number of benzene rings is 1. The first-order valence-electron chi connectivity index (χ1n) is 7.43. The molecule has 0 saturated carbocycles. The van der Waals surface area contributed by atoms with Gasteiger partial charge in [-0.25, -0.2) is 0 Å². The Morgan fingerprint density at radius 2 is 1.84 bits per heavy atom. The third-order valence-corrected chi connectivity index (χ3v) is 3.56. The van der Waals surface area contributed by atoms with Gasteiger partial charge in [-0.3, -0.25) is 0 Å². The molecule has 0 saturated heterocycles. The normalized spacial score (nSPS) is 14.5. The highest BCUT2D eigenvalue weighted by Gasteiger charge is 2.14. The van der Waals surface area contributed by atoms with Crippen molar-refractivity contribution in [3.8, 4) is 0 Å². The molecular weight excluding hydrogens is 238 g/mol. The van der Waals surface area contributed by atoms with E-state index in [1.807, 2.05) is 13.8 Å². The van der Waals surface area contributed by atoms with Gasteiger partial charge >= 0.3 is 0 Å². The summed E-state index contributed by atoms with van der Waals surface area (Å²) in [4.78, 5) is 0. The molecule has 1 N–H and O–H groups in total. The number of aryl methyl sites for hydroxylation is 1. The van der Waals surface area contributed by atoms with E-state index in [-0.39, 0.29) is 6.29 Å². The molecule has 1 aromatic rings. The summed E-state index contributed by atoms with van der Waals surface area (Å²) in [5.74, 6) is 0. The molecule has 1 aromatic carbocycles. The molecule has 0 aromatic heterocycles. The van der Waals surface area contributed by atoms with Crippen LogP contribution in [-0.4, -0.2) is 26.0 Å². The first kappa shape index (κ1) is 14.4. The summed E-state index contributed by atoms with van der Waals surface area (Å²) in [6, 6.07) is 6.56. The molecule has 0 bridgehead atoms. The van der Waals surface area contributed by atoms with Crippen LogP contribution in [0.2, 0.25) is 0 Å². The smallest absolute Gasteiger partial charge is 0.174 e. The molecule has 0 fully saturated rings. The van der Waals surface area contributed by atoms with Crippen LogP contribution in [0.5, 0.6) is 0 Å². The minimum atomic E-state index is -0.158. The standard InChI is InChI=1S/C16H25NO2/c1-3-18-16(19-4-2)12-17-15-11-7-9-13-8-5-6-10-14(13)15/h7,9,11,16-17H,3-6,8,10,12H2,1-2H3. The average Bonchev–Trinajstić information content (AvgIpc) is 2.45. The molecule has 0 radical (unpaired) electrons. The molecule has 1 aliphatic carbocycles. The molecule has 0 spiro atoms. The van der Waals surface area contributed by atoms with Crippen molar-refractivity contribution < 1.29 is 9.47 Å². The van der Waals surface area contributed by atoms with E-state index in [9.17, 15) is 0 Å². The Labute approximate surface area is 116 Å². The van der Waals surface area contributed by atoms with E-state index in [4.69, 9.17) is 9.47 Å². The number of anilines is 1. The monoisotopic (exact) mass is 263 g/mol. The summed E-state index contributed by atoms with van der Waals surface area (Å²) in [7, 11) is 0. The first-order chi connectivity index (χ1) is 9.35. The number of hydrogen-bond acceptors (Lipinski definition) is 3. The van der Waals surface area contributed by atoms with Crippen molar-refractivity contribution in [2.24, 2.45) is 0 Å². The Bertz CT molecular complexity index is 386. The molecule has 19 heavy (non-hydrogen) atoms. The lowest BCUT2D eigenvalue weighted by Gasteiger charge is -2.22. The summed E-state index contributed by atoms with van der Waals surface area (Å²) < 4.78 is 11.1. The summed E-state index contributed by atoms with van der Waals surface area (Å²) in [6.07, 6.45) is 4.86. The van der Waals surface area contributed by atoms with Crippen LogP contribution in [0.1, 0.15) is 37.8 Å². The van der Waals surface area contributed by atoms with Gasteiger partial charge in [-0.1, -0.05) is 12.1 Å². The fraction of sp³-hybridized carbons (Fsp3) is 0.625. The third kappa shape index (κ3) is 3.95. The van der Waals surface area contributed by atoms with Crippen LogP contribution in [0, 0.1) is 0 Å². The van der Waals surface area contributed by atoms with Crippen molar-refractivity contribution in [1.29, 1.82) is 0 Å². The topological polar surface area (TPSA) is 30.5 Å². The third-order valence-electron chi connectivity index (χ3n) is 3.56. The van der Waals surface area contributed by atoms with Gasteiger partial charge in [0.25, 0.3) is 0 Å². The molecule has 0 aliphatic heterocycles. The maximum absolute atomic E-state index is 5.56. The molecule has 3 heteroatoms. The van der Waals surface area contributed by atoms with E-state index in [0.717, 1.165) is 0 Å². The van der Waals surface area contributed by atoms with Crippen molar-refractivity contribution in [3.05, 3.63) is 29.3 Å². The van der Waals surface area contributed by atoms with Crippen LogP contribution in [0.4, 0.5) is 5.69 Å². The highest BCUT2D eigenvalue weighted by Crippen LogP contribution is 2.27. The van der Waals surface area contributed by atoms with E-state index in [1.54, 1.807) is 0 Å². The van der Waals surface area contributed by atoms with Gasteiger partial charge < -0.3 is 14.8 Å². The van der Waals surface area contributed by atoms with Gasteiger partial charge in [-0.15, -0.1) is 0 Å². The average molecular weight is 263 g/mol. The Kier molecular flexibility index (Phi) is 5.67. The second-order valence-electron chi connectivity index (χ2n) is 4.87. The lowest BCUT2D eigenvalue weighted by atomic mass is 9.90. The summed E-state index contributed by atoms with van der Waals surface area (Å²) in [6.45, 7) is 6.06. The molecule has 2 rings (SSSR count). The van der Waals surface area contributed by atoms with E-state index < -0.39 is 0 Å². The molecule has 106 valence electrons. The SMILES string of the molecule is CCOC(CNc1cccc2c1CCCC2)OCC. The molecular formula is C16H25NO2. The van der Waals surface area contributed by atoms with Crippen LogP contribution < -0.4 is 5.32 Å². The maximum Gasteiger partial charge on any atom is 0.174 e. The van der Waals surface area contributed by atoms with Gasteiger partial charge in [-0.2, -0.15) is 0 Å². The van der Waals surface area contributed by atoms with E-state index in [1.165, 1.54) is 42.5 Å². The zero-order valence-electron chi connectivity index (χ0n) is 12.1. The Hall–Kier alpha value is -1.06. The zero-order chi connectivity index (χ0) is 13.5. The zero-order valence-corrected chi connectivity index (χ0v) is 12.1. The van der Waals surface area contributed by atoms with Gasteiger partial charge in [0.15, 0.2) is 6.29 Å². The van der Waals surface area contributed by atoms with Crippen molar-refractivity contribution in [3.63, 3.8) is 0 Å². The van der Waals surface area contributed by atoms with Gasteiger partial charge in [0.1, 0.15) is 0 Å². The second-order valence-corrected chi connectivity index (χ2v) is 4.87. The molecule has 0 unspecified atom stereocenters. The number of hydrogen-bond donors (Lipinski definition) is 1. The number of rotatable bonds is 7. The largest absolute Gasteiger partial charge is 0.380 e. The van der Waals surface area contributed by atoms with E-state index in [0.29, 0.717) is 19.8 Å². The molecule has 3 nitrogen and oxygen atoms in total. The van der Waals surface area contributed by atoms with Crippen molar-refractivity contribution in [2.75, 3.05) is 25.1 Å². The van der Waals surface area contributed by atoms with Crippen molar-refractivity contribution in [1.82, 2.24) is 0 Å². The maximum atomic E-state index is 5.56. The molecule has 0 amide bonds. The van der Waals surface area contributed by atoms with Crippen LogP contribution in [0.3, 0.4) is 0 Å². The van der Waals surface area contributed by atoms with E-state index in [2.05, 4.69) is 23.5 Å². The predicted octanol–water partition coefficient (Wildman–Crippen LogP) is 3.38. The van der Waals surface area contributed by atoms with Crippen LogP contribution >= 0.6 is 0 Å². The van der Waals surface area contributed by atoms with E-state index >= 15 is 0 Å². The van der Waals surface area contributed by atoms with Gasteiger partial charge in [0, 0.05) is 18.9 Å². The predicted molar refractivity (Wildman–Crippen MR) is 78.6 cm³/mol. The minimum absolute atomic E-state index is 0.158. The Morgan fingerprint density at radius 1 is 1.11 bits per heavy atom. The Morgan fingerprint density at radius 3 is 2.58 bits per heavy atom. The first-order valence-corrected chi connectivity index (χ1v) is 7.43. The fourth-order valence-electron chi connectivity index (χ4n) is 2.68. The molecule has 0 atom stereocenters. The molecule has 1 aliphatic rings. The summed E-state index contributed by atoms with van der Waals surface area (Å²) in [5, 5.41) is 3.49. The highest BCUT2D eigenvalue weighted by atomic mass is 16.7. The van der Waals surface area contributed by atoms with Crippen molar-refractivity contribution in [2.45, 2.75) is 45.8 Å².